The molecule has 0 saturated carbocycles. The van der Waals surface area contributed by atoms with Crippen molar-refractivity contribution in [1.29, 1.82) is 0 Å². The largest absolute Gasteiger partial charge is 0.378 e. The maximum absolute atomic E-state index is 6.07. The van der Waals surface area contributed by atoms with Crippen molar-refractivity contribution in [3.8, 4) is 0 Å². The van der Waals surface area contributed by atoms with Crippen LogP contribution in [0.25, 0.3) is 0 Å². The zero-order chi connectivity index (χ0) is 15.2. The lowest BCUT2D eigenvalue weighted by Crippen LogP contribution is -2.42. The molecule has 1 aromatic heterocycles. The van der Waals surface area contributed by atoms with Crippen LogP contribution in [0, 0.1) is 0 Å². The highest BCUT2D eigenvalue weighted by Gasteiger charge is 2.13. The predicted molar refractivity (Wildman–Crippen MR) is 91.5 cm³/mol. The first-order chi connectivity index (χ1) is 10.8. The predicted octanol–water partition coefficient (Wildman–Crippen LogP) is 0.782. The summed E-state index contributed by atoms with van der Waals surface area (Å²) in [6.07, 6.45) is 1.90. The lowest BCUT2D eigenvalue weighted by molar-refractivity contribution is 0.122. The molecular weight excluding hydrogens is 298 g/mol. The number of ether oxygens (including phenoxy) is 1. The molecule has 0 aliphatic carbocycles. The van der Waals surface area contributed by atoms with Crippen LogP contribution in [-0.2, 0) is 11.3 Å². The molecule has 0 radical (unpaired) electrons. The van der Waals surface area contributed by atoms with Crippen molar-refractivity contribution in [2.45, 2.75) is 6.54 Å². The van der Waals surface area contributed by atoms with Crippen LogP contribution in [0.3, 0.4) is 0 Å². The monoisotopic (exact) mass is 321 g/mol. The van der Waals surface area contributed by atoms with E-state index in [0.29, 0.717) is 12.5 Å². The van der Waals surface area contributed by atoms with Crippen LogP contribution in [0.5, 0.6) is 0 Å². The van der Waals surface area contributed by atoms with Crippen molar-refractivity contribution in [2.75, 3.05) is 55.8 Å². The highest BCUT2D eigenvalue weighted by molar-refractivity contribution is 7.99. The van der Waals surface area contributed by atoms with Gasteiger partial charge in [-0.15, -0.1) is 0 Å². The van der Waals surface area contributed by atoms with E-state index in [0.717, 1.165) is 62.3 Å². The molecule has 0 bridgehead atoms. The molecule has 0 aromatic carbocycles. The van der Waals surface area contributed by atoms with Crippen molar-refractivity contribution < 1.29 is 4.74 Å². The fourth-order valence-corrected chi connectivity index (χ4v) is 3.46. The van der Waals surface area contributed by atoms with E-state index in [9.17, 15) is 0 Å². The van der Waals surface area contributed by atoms with Gasteiger partial charge in [0.2, 0.25) is 0 Å². The molecule has 1 aromatic rings. The molecule has 2 N–H and O–H groups in total. The van der Waals surface area contributed by atoms with Crippen LogP contribution in [0.15, 0.2) is 23.3 Å². The summed E-state index contributed by atoms with van der Waals surface area (Å²) in [6.45, 7) is 5.94. The van der Waals surface area contributed by atoms with E-state index in [1.54, 1.807) is 0 Å². The average Bonchev–Trinajstić information content (AvgIpc) is 2.61. The summed E-state index contributed by atoms with van der Waals surface area (Å²) in [6, 6.07) is 4.14. The van der Waals surface area contributed by atoms with E-state index in [1.807, 2.05) is 18.0 Å². The Kier molecular flexibility index (Phi) is 5.39. The summed E-state index contributed by atoms with van der Waals surface area (Å²) in [4.78, 5) is 13.4. The molecule has 0 spiro atoms. The standard InChI is InChI=1S/C15H23N5OS/c16-15(20-5-9-22-10-6-20)18-12-13-1-2-14(17-11-13)19-3-7-21-8-4-19/h1-2,11H,3-10,12H2,(H2,16,18). The van der Waals surface area contributed by atoms with Gasteiger partial charge in [-0.1, -0.05) is 6.07 Å². The zero-order valence-electron chi connectivity index (χ0n) is 12.8. The van der Waals surface area contributed by atoms with Crippen molar-refractivity contribution >= 4 is 23.5 Å². The summed E-state index contributed by atoms with van der Waals surface area (Å²) in [5, 5.41) is 0. The minimum Gasteiger partial charge on any atom is -0.378 e. The highest BCUT2D eigenvalue weighted by atomic mass is 32.2. The molecule has 0 atom stereocenters. The van der Waals surface area contributed by atoms with Gasteiger partial charge in [0.1, 0.15) is 5.82 Å². The molecule has 0 amide bonds. The van der Waals surface area contributed by atoms with Crippen LogP contribution in [0.1, 0.15) is 5.56 Å². The van der Waals surface area contributed by atoms with E-state index < -0.39 is 0 Å². The molecule has 6 nitrogen and oxygen atoms in total. The maximum Gasteiger partial charge on any atom is 0.191 e. The number of morpholine rings is 1. The fraction of sp³-hybridized carbons (Fsp3) is 0.600. The van der Waals surface area contributed by atoms with Gasteiger partial charge in [0, 0.05) is 43.9 Å². The number of pyridine rings is 1. The minimum absolute atomic E-state index is 0.589. The van der Waals surface area contributed by atoms with Crippen molar-refractivity contribution in [3.05, 3.63) is 23.9 Å². The molecule has 22 heavy (non-hydrogen) atoms. The molecule has 7 heteroatoms. The van der Waals surface area contributed by atoms with Gasteiger partial charge in [-0.2, -0.15) is 11.8 Å². The number of nitrogens with zero attached hydrogens (tertiary/aromatic N) is 4. The smallest absolute Gasteiger partial charge is 0.191 e. The van der Waals surface area contributed by atoms with E-state index in [-0.39, 0.29) is 0 Å². The maximum atomic E-state index is 6.07. The number of hydrogen-bond donors (Lipinski definition) is 1. The Morgan fingerprint density at radius 2 is 2.00 bits per heavy atom. The van der Waals surface area contributed by atoms with Gasteiger partial charge in [-0.05, 0) is 11.6 Å². The molecule has 0 unspecified atom stereocenters. The molecule has 3 heterocycles. The van der Waals surface area contributed by atoms with Gasteiger partial charge >= 0.3 is 0 Å². The second-order valence-corrected chi connectivity index (χ2v) is 6.62. The Bertz CT molecular complexity index is 495. The molecular formula is C15H23N5OS. The Morgan fingerprint density at radius 1 is 1.23 bits per heavy atom. The first-order valence-electron chi connectivity index (χ1n) is 7.73. The van der Waals surface area contributed by atoms with Gasteiger partial charge in [0.05, 0.1) is 19.8 Å². The SMILES string of the molecule is NC(=NCc1ccc(N2CCOCC2)nc1)N1CCSCC1. The summed E-state index contributed by atoms with van der Waals surface area (Å²) < 4.78 is 5.36. The minimum atomic E-state index is 0.589. The quantitative estimate of drug-likeness (QED) is 0.655. The molecule has 2 aliphatic rings. The molecule has 3 rings (SSSR count). The Morgan fingerprint density at radius 3 is 2.68 bits per heavy atom. The van der Waals surface area contributed by atoms with E-state index in [1.165, 1.54) is 0 Å². The first kappa shape index (κ1) is 15.4. The summed E-state index contributed by atoms with van der Waals surface area (Å²) in [5.74, 6) is 3.92. The summed E-state index contributed by atoms with van der Waals surface area (Å²) in [5.41, 5.74) is 7.16. The van der Waals surface area contributed by atoms with Gasteiger partial charge in [0.15, 0.2) is 5.96 Å². The highest BCUT2D eigenvalue weighted by Crippen LogP contribution is 2.14. The number of anilines is 1. The third-order valence-corrected chi connectivity index (χ3v) is 4.85. The molecule has 2 fully saturated rings. The number of aliphatic imine (C=N–C) groups is 1. The van der Waals surface area contributed by atoms with Gasteiger partial charge in [-0.25, -0.2) is 9.98 Å². The second kappa shape index (κ2) is 7.69. The van der Waals surface area contributed by atoms with Gasteiger partial charge in [-0.3, -0.25) is 0 Å². The summed E-state index contributed by atoms with van der Waals surface area (Å²) in [7, 11) is 0. The van der Waals surface area contributed by atoms with Crippen LogP contribution < -0.4 is 10.6 Å². The Hall–Kier alpha value is -1.47. The zero-order valence-corrected chi connectivity index (χ0v) is 13.6. The third-order valence-electron chi connectivity index (χ3n) is 3.90. The van der Waals surface area contributed by atoms with Crippen LogP contribution in [0.4, 0.5) is 5.82 Å². The number of rotatable bonds is 3. The van der Waals surface area contributed by atoms with Crippen molar-refractivity contribution in [1.82, 2.24) is 9.88 Å². The third kappa shape index (κ3) is 4.04. The van der Waals surface area contributed by atoms with Crippen LogP contribution in [0.2, 0.25) is 0 Å². The molecule has 2 aliphatic heterocycles. The molecule has 2 saturated heterocycles. The van der Waals surface area contributed by atoms with Gasteiger partial charge in [0.25, 0.3) is 0 Å². The van der Waals surface area contributed by atoms with Crippen LogP contribution in [-0.4, -0.2) is 66.7 Å². The van der Waals surface area contributed by atoms with Crippen LogP contribution >= 0.6 is 11.8 Å². The number of aromatic nitrogens is 1. The van der Waals surface area contributed by atoms with E-state index in [4.69, 9.17) is 10.5 Å². The summed E-state index contributed by atoms with van der Waals surface area (Å²) >= 11 is 1.97. The fourth-order valence-electron chi connectivity index (χ4n) is 2.55. The van der Waals surface area contributed by atoms with Gasteiger partial charge < -0.3 is 20.3 Å². The van der Waals surface area contributed by atoms with Crippen molar-refractivity contribution in [3.63, 3.8) is 0 Å². The lowest BCUT2D eigenvalue weighted by Gasteiger charge is -2.28. The Labute approximate surface area is 135 Å². The lowest BCUT2D eigenvalue weighted by atomic mass is 10.2. The normalized spacial score (nSPS) is 20.3. The first-order valence-corrected chi connectivity index (χ1v) is 8.88. The van der Waals surface area contributed by atoms with Crippen molar-refractivity contribution in [2.24, 2.45) is 10.7 Å². The number of thioether (sulfide) groups is 1. The van der Waals surface area contributed by atoms with E-state index >= 15 is 0 Å². The molecule has 120 valence electrons. The number of guanidine groups is 1. The Balaban J connectivity index is 1.56. The van der Waals surface area contributed by atoms with E-state index in [2.05, 4.69) is 31.9 Å². The average molecular weight is 321 g/mol. The topological polar surface area (TPSA) is 67.0 Å². The number of hydrogen-bond acceptors (Lipinski definition) is 5. The second-order valence-electron chi connectivity index (χ2n) is 5.40. The number of nitrogens with two attached hydrogens (primary N) is 1.